The zero-order valence-electron chi connectivity index (χ0n) is 15.7. The van der Waals surface area contributed by atoms with Gasteiger partial charge in [-0.15, -0.1) is 0 Å². The maximum Gasteiger partial charge on any atom is 0.312 e. The summed E-state index contributed by atoms with van der Waals surface area (Å²) >= 11 is 6.12. The molecule has 28 heavy (non-hydrogen) atoms. The standard InChI is InChI=1S/C20H21ClN2O5/c1-26-20(27-2)5-3-4-15-11-17(21)8-7-16(15)13-28-19-9-6-14(12-22)10-18(19)23(24)25/h6-11,20H,3-5,13H2,1-2H3. The molecule has 2 aromatic rings. The van der Waals surface area contributed by atoms with Gasteiger partial charge in [-0.05, 0) is 54.7 Å². The number of methoxy groups -OCH3 is 2. The molecule has 0 aliphatic heterocycles. The molecule has 0 bridgehead atoms. The average molecular weight is 405 g/mol. The van der Waals surface area contributed by atoms with E-state index in [0.29, 0.717) is 5.02 Å². The summed E-state index contributed by atoms with van der Waals surface area (Å²) in [5.41, 5.74) is 1.85. The molecule has 0 N–H and O–H groups in total. The maximum absolute atomic E-state index is 11.2. The van der Waals surface area contributed by atoms with E-state index in [-0.39, 0.29) is 29.9 Å². The largest absolute Gasteiger partial charge is 0.482 e. The van der Waals surface area contributed by atoms with Gasteiger partial charge in [0.05, 0.1) is 16.6 Å². The summed E-state index contributed by atoms with van der Waals surface area (Å²) in [6.07, 6.45) is 2.01. The van der Waals surface area contributed by atoms with Gasteiger partial charge in [0.25, 0.3) is 0 Å². The van der Waals surface area contributed by atoms with E-state index in [0.717, 1.165) is 30.4 Å². The second kappa shape index (κ2) is 10.6. The van der Waals surface area contributed by atoms with Crippen LogP contribution in [0, 0.1) is 21.4 Å². The van der Waals surface area contributed by atoms with Crippen molar-refractivity contribution in [3.05, 3.63) is 68.2 Å². The molecular formula is C20H21ClN2O5. The molecule has 0 unspecified atom stereocenters. The van der Waals surface area contributed by atoms with Crippen LogP contribution in [0.5, 0.6) is 5.75 Å². The first-order chi connectivity index (χ1) is 13.5. The van der Waals surface area contributed by atoms with Gasteiger partial charge >= 0.3 is 5.69 Å². The Hall–Kier alpha value is -2.66. The Morgan fingerprint density at radius 1 is 1.18 bits per heavy atom. The minimum Gasteiger partial charge on any atom is -0.482 e. The van der Waals surface area contributed by atoms with Gasteiger partial charge in [0, 0.05) is 25.3 Å². The van der Waals surface area contributed by atoms with Gasteiger partial charge in [0.2, 0.25) is 0 Å². The van der Waals surface area contributed by atoms with Gasteiger partial charge in [-0.25, -0.2) is 0 Å². The molecule has 0 atom stereocenters. The number of aryl methyl sites for hydroxylation is 1. The summed E-state index contributed by atoms with van der Waals surface area (Å²) in [6, 6.07) is 11.5. The molecule has 8 heteroatoms. The van der Waals surface area contributed by atoms with Crippen LogP contribution in [0.4, 0.5) is 5.69 Å². The van der Waals surface area contributed by atoms with Crippen LogP contribution in [0.15, 0.2) is 36.4 Å². The Morgan fingerprint density at radius 2 is 1.93 bits per heavy atom. The SMILES string of the molecule is COC(CCCc1cc(Cl)ccc1COc1ccc(C#N)cc1[N+](=O)[O-])OC. The third-order valence-corrected chi connectivity index (χ3v) is 4.48. The smallest absolute Gasteiger partial charge is 0.312 e. The first kappa shape index (κ1) is 21.6. The first-order valence-electron chi connectivity index (χ1n) is 8.62. The molecule has 0 spiro atoms. The van der Waals surface area contributed by atoms with Crippen molar-refractivity contribution < 1.29 is 19.1 Å². The van der Waals surface area contributed by atoms with Crippen LogP contribution in [0.3, 0.4) is 0 Å². The third kappa shape index (κ3) is 5.92. The molecule has 0 saturated heterocycles. The van der Waals surface area contributed by atoms with Crippen LogP contribution in [0.25, 0.3) is 0 Å². The van der Waals surface area contributed by atoms with Gasteiger partial charge in [0.1, 0.15) is 6.61 Å². The van der Waals surface area contributed by atoms with Crippen molar-refractivity contribution in [3.8, 4) is 11.8 Å². The molecule has 0 amide bonds. The summed E-state index contributed by atoms with van der Waals surface area (Å²) in [5.74, 6) is 0.115. The normalized spacial score (nSPS) is 10.7. The number of nitriles is 1. The number of nitrogens with zero attached hydrogens (tertiary/aromatic N) is 2. The average Bonchev–Trinajstić information content (AvgIpc) is 2.70. The lowest BCUT2D eigenvalue weighted by atomic mass is 10.0. The number of benzene rings is 2. The minimum atomic E-state index is -0.561. The Labute approximate surface area is 168 Å². The first-order valence-corrected chi connectivity index (χ1v) is 9.00. The van der Waals surface area contributed by atoms with Crippen LogP contribution in [-0.4, -0.2) is 25.4 Å². The molecular weight excluding hydrogens is 384 g/mol. The Kier molecular flexibility index (Phi) is 8.20. The molecule has 0 radical (unpaired) electrons. The molecule has 2 rings (SSSR count). The zero-order valence-corrected chi connectivity index (χ0v) is 16.4. The van der Waals surface area contributed by atoms with Gasteiger partial charge in [0.15, 0.2) is 12.0 Å². The lowest BCUT2D eigenvalue weighted by Crippen LogP contribution is -2.13. The Balaban J connectivity index is 2.12. The number of nitro groups is 1. The quantitative estimate of drug-likeness (QED) is 0.325. The van der Waals surface area contributed by atoms with E-state index in [1.54, 1.807) is 20.3 Å². The number of hydrogen-bond acceptors (Lipinski definition) is 6. The minimum absolute atomic E-state index is 0.115. The Morgan fingerprint density at radius 3 is 2.57 bits per heavy atom. The fourth-order valence-electron chi connectivity index (χ4n) is 2.77. The summed E-state index contributed by atoms with van der Waals surface area (Å²) in [5, 5.41) is 20.8. The Bertz CT molecular complexity index is 862. The summed E-state index contributed by atoms with van der Waals surface area (Å²) in [6.45, 7) is 0.150. The van der Waals surface area contributed by atoms with Crippen molar-refractivity contribution in [1.82, 2.24) is 0 Å². The van der Waals surface area contributed by atoms with Gasteiger partial charge < -0.3 is 14.2 Å². The highest BCUT2D eigenvalue weighted by atomic mass is 35.5. The van der Waals surface area contributed by atoms with Crippen molar-refractivity contribution in [2.45, 2.75) is 32.2 Å². The van der Waals surface area contributed by atoms with Gasteiger partial charge in [-0.1, -0.05) is 17.7 Å². The van der Waals surface area contributed by atoms with Crippen LogP contribution < -0.4 is 4.74 Å². The number of hydrogen-bond donors (Lipinski definition) is 0. The number of nitro benzene ring substituents is 1. The second-order valence-electron chi connectivity index (χ2n) is 6.05. The van der Waals surface area contributed by atoms with Crippen molar-refractivity contribution in [2.24, 2.45) is 0 Å². The second-order valence-corrected chi connectivity index (χ2v) is 6.48. The molecule has 0 aliphatic rings. The van der Waals surface area contributed by atoms with E-state index in [1.807, 2.05) is 18.2 Å². The maximum atomic E-state index is 11.2. The van der Waals surface area contributed by atoms with E-state index >= 15 is 0 Å². The van der Waals surface area contributed by atoms with Gasteiger partial charge in [-0.3, -0.25) is 10.1 Å². The summed E-state index contributed by atoms with van der Waals surface area (Å²) < 4.78 is 16.1. The van der Waals surface area contributed by atoms with Crippen molar-refractivity contribution in [3.63, 3.8) is 0 Å². The predicted molar refractivity (Wildman–Crippen MR) is 104 cm³/mol. The van der Waals surface area contributed by atoms with Crippen molar-refractivity contribution in [1.29, 1.82) is 5.26 Å². The highest BCUT2D eigenvalue weighted by Crippen LogP contribution is 2.29. The third-order valence-electron chi connectivity index (χ3n) is 4.25. The molecule has 0 fully saturated rings. The van der Waals surface area contributed by atoms with Crippen molar-refractivity contribution >= 4 is 17.3 Å². The van der Waals surface area contributed by atoms with E-state index in [9.17, 15) is 10.1 Å². The number of rotatable bonds is 10. The highest BCUT2D eigenvalue weighted by Gasteiger charge is 2.17. The number of ether oxygens (including phenoxy) is 3. The molecule has 0 saturated carbocycles. The predicted octanol–water partition coefficient (Wildman–Crippen LogP) is 4.64. The number of halogens is 1. The van der Waals surface area contributed by atoms with E-state index in [4.69, 9.17) is 31.1 Å². The molecule has 7 nitrogen and oxygen atoms in total. The highest BCUT2D eigenvalue weighted by molar-refractivity contribution is 6.30. The van der Waals surface area contributed by atoms with E-state index < -0.39 is 4.92 Å². The monoisotopic (exact) mass is 404 g/mol. The van der Waals surface area contributed by atoms with E-state index in [2.05, 4.69) is 0 Å². The van der Waals surface area contributed by atoms with Gasteiger partial charge in [-0.2, -0.15) is 5.26 Å². The van der Waals surface area contributed by atoms with Crippen LogP contribution in [-0.2, 0) is 22.5 Å². The molecule has 0 aliphatic carbocycles. The van der Waals surface area contributed by atoms with Crippen LogP contribution in [0.1, 0.15) is 29.5 Å². The lowest BCUT2D eigenvalue weighted by Gasteiger charge is -2.15. The molecule has 0 heterocycles. The summed E-state index contributed by atoms with van der Waals surface area (Å²) in [7, 11) is 3.19. The molecule has 2 aromatic carbocycles. The van der Waals surface area contributed by atoms with E-state index in [1.165, 1.54) is 18.2 Å². The van der Waals surface area contributed by atoms with Crippen LogP contribution in [0.2, 0.25) is 5.02 Å². The lowest BCUT2D eigenvalue weighted by molar-refractivity contribution is -0.386. The van der Waals surface area contributed by atoms with Crippen LogP contribution >= 0.6 is 11.6 Å². The fourth-order valence-corrected chi connectivity index (χ4v) is 2.96. The summed E-state index contributed by atoms with van der Waals surface area (Å²) in [4.78, 5) is 10.7. The zero-order chi connectivity index (χ0) is 20.5. The molecule has 0 aromatic heterocycles. The fraction of sp³-hybridized carbons (Fsp3) is 0.350. The van der Waals surface area contributed by atoms with Crippen molar-refractivity contribution in [2.75, 3.05) is 14.2 Å². The molecule has 148 valence electrons. The topological polar surface area (TPSA) is 94.6 Å².